The first kappa shape index (κ1) is 15.6. The zero-order chi connectivity index (χ0) is 14.5. The summed E-state index contributed by atoms with van der Waals surface area (Å²) < 4.78 is 0. The normalized spacial score (nSPS) is 17.3. The summed E-state index contributed by atoms with van der Waals surface area (Å²) in [6, 6.07) is 5.77. The molecule has 0 radical (unpaired) electrons. The van der Waals surface area contributed by atoms with Gasteiger partial charge in [-0.15, -0.1) is 0 Å². The highest BCUT2D eigenvalue weighted by molar-refractivity contribution is 6.42. The number of hydrogen-bond acceptors (Lipinski definition) is 3. The van der Waals surface area contributed by atoms with E-state index in [4.69, 9.17) is 28.9 Å². The minimum absolute atomic E-state index is 0.255. The van der Waals surface area contributed by atoms with Crippen LogP contribution in [0.3, 0.4) is 0 Å². The van der Waals surface area contributed by atoms with E-state index in [-0.39, 0.29) is 5.91 Å². The summed E-state index contributed by atoms with van der Waals surface area (Å²) in [6.45, 7) is 5.07. The van der Waals surface area contributed by atoms with E-state index >= 15 is 0 Å². The van der Waals surface area contributed by atoms with E-state index in [1.54, 1.807) is 0 Å². The van der Waals surface area contributed by atoms with E-state index in [1.165, 1.54) is 5.56 Å². The molecule has 110 valence electrons. The van der Waals surface area contributed by atoms with Crippen molar-refractivity contribution in [2.75, 3.05) is 39.3 Å². The standard InChI is InChI=1S/C14H19Cl2N3O/c15-12-2-1-11(9-13(12)16)3-4-18-5-7-19(8-6-18)10-14(17)20/h1-2,9H,3-8,10H2,(H2,17,20). The van der Waals surface area contributed by atoms with Gasteiger partial charge in [0.1, 0.15) is 0 Å². The zero-order valence-corrected chi connectivity index (χ0v) is 12.8. The number of carbonyl (C=O) groups excluding carboxylic acids is 1. The number of hydrogen-bond donors (Lipinski definition) is 1. The van der Waals surface area contributed by atoms with Crippen LogP contribution in [-0.2, 0) is 11.2 Å². The average Bonchev–Trinajstić information content (AvgIpc) is 2.41. The van der Waals surface area contributed by atoms with Gasteiger partial charge in [0.05, 0.1) is 16.6 Å². The minimum Gasteiger partial charge on any atom is -0.369 e. The number of amides is 1. The van der Waals surface area contributed by atoms with Crippen LogP contribution < -0.4 is 5.73 Å². The number of halogens is 2. The number of benzene rings is 1. The topological polar surface area (TPSA) is 49.6 Å². The molecular formula is C14H19Cl2N3O. The largest absolute Gasteiger partial charge is 0.369 e. The lowest BCUT2D eigenvalue weighted by molar-refractivity contribution is -0.119. The highest BCUT2D eigenvalue weighted by Gasteiger charge is 2.17. The van der Waals surface area contributed by atoms with Crippen LogP contribution in [0.15, 0.2) is 18.2 Å². The molecule has 0 saturated carbocycles. The fraction of sp³-hybridized carbons (Fsp3) is 0.500. The highest BCUT2D eigenvalue weighted by Crippen LogP contribution is 2.22. The van der Waals surface area contributed by atoms with E-state index in [1.807, 2.05) is 18.2 Å². The number of nitrogens with zero attached hydrogens (tertiary/aromatic N) is 2. The monoisotopic (exact) mass is 315 g/mol. The molecular weight excluding hydrogens is 297 g/mol. The lowest BCUT2D eigenvalue weighted by atomic mass is 10.1. The van der Waals surface area contributed by atoms with Gasteiger partial charge < -0.3 is 10.6 Å². The summed E-state index contributed by atoms with van der Waals surface area (Å²) in [6.07, 6.45) is 0.951. The van der Waals surface area contributed by atoms with Crippen molar-refractivity contribution in [1.29, 1.82) is 0 Å². The molecule has 1 amide bonds. The third-order valence-corrected chi connectivity index (χ3v) is 4.28. The SMILES string of the molecule is NC(=O)CN1CCN(CCc2ccc(Cl)c(Cl)c2)CC1. The molecule has 2 rings (SSSR count). The van der Waals surface area contributed by atoms with Crippen LogP contribution in [0, 0.1) is 0 Å². The Balaban J connectivity index is 1.75. The maximum Gasteiger partial charge on any atom is 0.231 e. The van der Waals surface area contributed by atoms with Crippen LogP contribution in [0.5, 0.6) is 0 Å². The van der Waals surface area contributed by atoms with E-state index in [2.05, 4.69) is 9.80 Å². The van der Waals surface area contributed by atoms with Gasteiger partial charge in [0, 0.05) is 32.7 Å². The van der Waals surface area contributed by atoms with E-state index in [0.717, 1.165) is 39.1 Å². The van der Waals surface area contributed by atoms with Crippen molar-refractivity contribution in [2.24, 2.45) is 5.73 Å². The first-order valence-electron chi connectivity index (χ1n) is 6.71. The minimum atomic E-state index is -0.255. The molecule has 1 saturated heterocycles. The van der Waals surface area contributed by atoms with Crippen molar-refractivity contribution in [1.82, 2.24) is 9.80 Å². The second-order valence-electron chi connectivity index (χ2n) is 5.08. The molecule has 0 unspecified atom stereocenters. The van der Waals surface area contributed by atoms with Crippen molar-refractivity contribution in [3.63, 3.8) is 0 Å². The van der Waals surface area contributed by atoms with Crippen LogP contribution in [0.4, 0.5) is 0 Å². The maximum atomic E-state index is 10.9. The number of carbonyl (C=O) groups is 1. The molecule has 0 bridgehead atoms. The molecule has 0 atom stereocenters. The molecule has 1 aromatic carbocycles. The van der Waals surface area contributed by atoms with Crippen molar-refractivity contribution in [3.05, 3.63) is 33.8 Å². The Morgan fingerprint density at radius 2 is 1.75 bits per heavy atom. The quantitative estimate of drug-likeness (QED) is 0.898. The Morgan fingerprint density at radius 3 is 2.35 bits per heavy atom. The number of nitrogens with two attached hydrogens (primary N) is 1. The van der Waals surface area contributed by atoms with Crippen molar-refractivity contribution in [3.8, 4) is 0 Å². The van der Waals surface area contributed by atoms with E-state index < -0.39 is 0 Å². The molecule has 2 N–H and O–H groups in total. The third kappa shape index (κ3) is 4.63. The second-order valence-corrected chi connectivity index (χ2v) is 5.90. The summed E-state index contributed by atoms with van der Waals surface area (Å²) in [5, 5.41) is 1.20. The Kier molecular flexibility index (Phi) is 5.66. The fourth-order valence-electron chi connectivity index (χ4n) is 2.37. The summed E-state index contributed by atoms with van der Waals surface area (Å²) >= 11 is 11.9. The first-order valence-corrected chi connectivity index (χ1v) is 7.47. The molecule has 1 heterocycles. The van der Waals surface area contributed by atoms with Crippen LogP contribution in [0.2, 0.25) is 10.0 Å². The van der Waals surface area contributed by atoms with Crippen molar-refractivity contribution >= 4 is 29.1 Å². The van der Waals surface area contributed by atoms with Gasteiger partial charge in [-0.3, -0.25) is 9.69 Å². The molecule has 1 aliphatic rings. The smallest absolute Gasteiger partial charge is 0.231 e. The lowest BCUT2D eigenvalue weighted by Gasteiger charge is -2.33. The summed E-state index contributed by atoms with van der Waals surface area (Å²) in [5.41, 5.74) is 6.39. The predicted octanol–water partition coefficient (Wildman–Crippen LogP) is 1.64. The molecule has 0 aliphatic carbocycles. The van der Waals surface area contributed by atoms with Gasteiger partial charge in [0.2, 0.25) is 5.91 Å². The van der Waals surface area contributed by atoms with Crippen LogP contribution in [-0.4, -0.2) is 55.0 Å². The number of rotatable bonds is 5. The fourth-order valence-corrected chi connectivity index (χ4v) is 2.69. The Bertz CT molecular complexity index is 473. The van der Waals surface area contributed by atoms with Crippen molar-refractivity contribution < 1.29 is 4.79 Å². The molecule has 1 fully saturated rings. The van der Waals surface area contributed by atoms with Crippen LogP contribution in [0.25, 0.3) is 0 Å². The summed E-state index contributed by atoms with van der Waals surface area (Å²) in [7, 11) is 0. The van der Waals surface area contributed by atoms with Crippen molar-refractivity contribution in [2.45, 2.75) is 6.42 Å². The van der Waals surface area contributed by atoms with Gasteiger partial charge in [-0.2, -0.15) is 0 Å². The predicted molar refractivity (Wildman–Crippen MR) is 82.2 cm³/mol. The molecule has 4 nitrogen and oxygen atoms in total. The second kappa shape index (κ2) is 7.27. The van der Waals surface area contributed by atoms with E-state index in [0.29, 0.717) is 16.6 Å². The molecule has 1 aromatic rings. The Morgan fingerprint density at radius 1 is 1.10 bits per heavy atom. The van der Waals surface area contributed by atoms with Gasteiger partial charge >= 0.3 is 0 Å². The molecule has 0 spiro atoms. The number of piperazine rings is 1. The van der Waals surface area contributed by atoms with Gasteiger partial charge in [-0.25, -0.2) is 0 Å². The molecule has 0 aromatic heterocycles. The van der Waals surface area contributed by atoms with Gasteiger partial charge in [0.15, 0.2) is 0 Å². The summed E-state index contributed by atoms with van der Waals surface area (Å²) in [4.78, 5) is 15.3. The zero-order valence-electron chi connectivity index (χ0n) is 11.3. The van der Waals surface area contributed by atoms with Gasteiger partial charge in [0.25, 0.3) is 0 Å². The molecule has 6 heteroatoms. The number of primary amides is 1. The molecule has 1 aliphatic heterocycles. The Hall–Kier alpha value is -0.810. The maximum absolute atomic E-state index is 10.9. The lowest BCUT2D eigenvalue weighted by Crippen LogP contribution is -2.49. The van der Waals surface area contributed by atoms with Gasteiger partial charge in [-0.1, -0.05) is 29.3 Å². The van der Waals surface area contributed by atoms with Crippen LogP contribution >= 0.6 is 23.2 Å². The summed E-state index contributed by atoms with van der Waals surface area (Å²) in [5.74, 6) is -0.255. The van der Waals surface area contributed by atoms with Crippen LogP contribution in [0.1, 0.15) is 5.56 Å². The highest BCUT2D eigenvalue weighted by atomic mass is 35.5. The molecule has 20 heavy (non-hydrogen) atoms. The average molecular weight is 316 g/mol. The Labute approximate surface area is 129 Å². The first-order chi connectivity index (χ1) is 9.54. The van der Waals surface area contributed by atoms with Gasteiger partial charge in [-0.05, 0) is 24.1 Å². The third-order valence-electron chi connectivity index (χ3n) is 3.55. The van der Waals surface area contributed by atoms with E-state index in [9.17, 15) is 4.79 Å².